The van der Waals surface area contributed by atoms with Gasteiger partial charge in [-0.05, 0) is 6.42 Å². The molecule has 0 aromatic rings. The second-order valence-corrected chi connectivity index (χ2v) is 3.42. The van der Waals surface area contributed by atoms with E-state index in [2.05, 4.69) is 16.0 Å². The summed E-state index contributed by atoms with van der Waals surface area (Å²) in [6, 6.07) is -0.885. The Labute approximate surface area is 105 Å². The van der Waals surface area contributed by atoms with Crippen LogP contribution in [0.2, 0.25) is 0 Å². The van der Waals surface area contributed by atoms with E-state index in [4.69, 9.17) is 11.5 Å². The number of carbonyl (C=O) groups is 3. The molecule has 7 nitrogen and oxygen atoms in total. The molecule has 0 aliphatic heterocycles. The lowest BCUT2D eigenvalue weighted by Crippen LogP contribution is -2.45. The third-order valence-electron chi connectivity index (χ3n) is 1.90. The van der Waals surface area contributed by atoms with Crippen LogP contribution in [-0.4, -0.2) is 42.3 Å². The molecular weight excluding hydrogens is 240 g/mol. The summed E-state index contributed by atoms with van der Waals surface area (Å²) >= 11 is 0. The standard InChI is InChI=1S/C11H16N2O5/c1-3-5-8(4-2)12-11(17)13-9(14)6-18-7-10(15)16/h1,8H,4-7H2,2H3,(H,15,16)(H2,12,13,14,17). The van der Waals surface area contributed by atoms with Crippen molar-refractivity contribution in [1.82, 2.24) is 10.6 Å². The quantitative estimate of drug-likeness (QED) is 0.543. The highest BCUT2D eigenvalue weighted by Crippen LogP contribution is 1.95. The maximum absolute atomic E-state index is 11.3. The minimum atomic E-state index is -1.19. The summed E-state index contributed by atoms with van der Waals surface area (Å²) in [6.07, 6.45) is 6.12. The lowest BCUT2D eigenvalue weighted by atomic mass is 10.2. The first kappa shape index (κ1) is 15.9. The summed E-state index contributed by atoms with van der Waals surface area (Å²) < 4.78 is 4.51. The zero-order valence-electron chi connectivity index (χ0n) is 10.1. The summed E-state index contributed by atoms with van der Waals surface area (Å²) in [5, 5.41) is 12.8. The molecule has 0 rings (SSSR count). The van der Waals surface area contributed by atoms with Crippen molar-refractivity contribution in [3.8, 4) is 12.3 Å². The van der Waals surface area contributed by atoms with E-state index in [1.54, 1.807) is 0 Å². The van der Waals surface area contributed by atoms with Gasteiger partial charge in [0.2, 0.25) is 0 Å². The summed E-state index contributed by atoms with van der Waals surface area (Å²) in [5.41, 5.74) is 0. The number of imide groups is 1. The van der Waals surface area contributed by atoms with Crippen molar-refractivity contribution in [2.75, 3.05) is 13.2 Å². The first-order chi connectivity index (χ1) is 8.49. The molecule has 0 saturated carbocycles. The van der Waals surface area contributed by atoms with Crippen molar-refractivity contribution in [3.05, 3.63) is 0 Å². The molecule has 0 heterocycles. The zero-order valence-corrected chi connectivity index (χ0v) is 10.1. The SMILES string of the molecule is C#CCC(CC)NC(=O)NC(=O)COCC(=O)O. The van der Waals surface area contributed by atoms with E-state index < -0.39 is 31.1 Å². The Balaban J connectivity index is 3.89. The van der Waals surface area contributed by atoms with Crippen LogP contribution in [0, 0.1) is 12.3 Å². The van der Waals surface area contributed by atoms with Crippen molar-refractivity contribution in [2.24, 2.45) is 0 Å². The minimum absolute atomic E-state index is 0.206. The van der Waals surface area contributed by atoms with Gasteiger partial charge >= 0.3 is 12.0 Å². The molecule has 18 heavy (non-hydrogen) atoms. The predicted octanol–water partition coefficient (Wildman–Crippen LogP) is -0.285. The lowest BCUT2D eigenvalue weighted by Gasteiger charge is -2.14. The largest absolute Gasteiger partial charge is 0.480 e. The van der Waals surface area contributed by atoms with Gasteiger partial charge in [0.25, 0.3) is 5.91 Å². The Morgan fingerprint density at radius 2 is 2.06 bits per heavy atom. The van der Waals surface area contributed by atoms with Gasteiger partial charge in [-0.1, -0.05) is 6.92 Å². The number of terminal acetylenes is 1. The van der Waals surface area contributed by atoms with Crippen LogP contribution in [0.5, 0.6) is 0 Å². The van der Waals surface area contributed by atoms with Crippen LogP contribution in [0.4, 0.5) is 4.79 Å². The molecule has 0 bridgehead atoms. The van der Waals surface area contributed by atoms with Crippen molar-refractivity contribution >= 4 is 17.9 Å². The number of amides is 3. The maximum atomic E-state index is 11.3. The van der Waals surface area contributed by atoms with Gasteiger partial charge in [-0.2, -0.15) is 0 Å². The van der Waals surface area contributed by atoms with Crippen LogP contribution >= 0.6 is 0 Å². The van der Waals surface area contributed by atoms with Gasteiger partial charge in [-0.25, -0.2) is 9.59 Å². The number of ether oxygens (including phenoxy) is 1. The van der Waals surface area contributed by atoms with Gasteiger partial charge in [-0.15, -0.1) is 12.3 Å². The summed E-state index contributed by atoms with van der Waals surface area (Å²) in [4.78, 5) is 32.5. The highest BCUT2D eigenvalue weighted by molar-refractivity contribution is 5.95. The van der Waals surface area contributed by atoms with Gasteiger partial charge < -0.3 is 15.2 Å². The molecule has 0 spiro atoms. The smallest absolute Gasteiger partial charge is 0.329 e. The van der Waals surface area contributed by atoms with Crippen LogP contribution in [-0.2, 0) is 14.3 Å². The van der Waals surface area contributed by atoms with Crippen molar-refractivity contribution < 1.29 is 24.2 Å². The molecule has 0 radical (unpaired) electrons. The number of urea groups is 1. The number of rotatable bonds is 7. The average Bonchev–Trinajstić information content (AvgIpc) is 2.27. The number of hydrogen-bond donors (Lipinski definition) is 3. The minimum Gasteiger partial charge on any atom is -0.480 e. The van der Waals surface area contributed by atoms with Gasteiger partial charge in [0, 0.05) is 12.5 Å². The molecule has 0 aromatic carbocycles. The molecule has 0 fully saturated rings. The van der Waals surface area contributed by atoms with Gasteiger partial charge in [0.15, 0.2) is 0 Å². The van der Waals surface area contributed by atoms with E-state index in [0.717, 1.165) is 0 Å². The fourth-order valence-corrected chi connectivity index (χ4v) is 1.05. The first-order valence-electron chi connectivity index (χ1n) is 5.32. The van der Waals surface area contributed by atoms with Crippen LogP contribution in [0.25, 0.3) is 0 Å². The first-order valence-corrected chi connectivity index (χ1v) is 5.32. The fraction of sp³-hybridized carbons (Fsp3) is 0.545. The molecule has 3 N–H and O–H groups in total. The second kappa shape index (κ2) is 9.01. The molecule has 1 atom stereocenters. The monoisotopic (exact) mass is 256 g/mol. The molecule has 3 amide bonds. The Morgan fingerprint density at radius 1 is 1.39 bits per heavy atom. The number of aliphatic carboxylic acids is 1. The van der Waals surface area contributed by atoms with E-state index in [9.17, 15) is 14.4 Å². The topological polar surface area (TPSA) is 105 Å². The maximum Gasteiger partial charge on any atom is 0.329 e. The van der Waals surface area contributed by atoms with Crippen molar-refractivity contribution in [3.63, 3.8) is 0 Å². The molecule has 0 aromatic heterocycles. The predicted molar refractivity (Wildman–Crippen MR) is 62.7 cm³/mol. The van der Waals surface area contributed by atoms with Crippen LogP contribution in [0.3, 0.4) is 0 Å². The average molecular weight is 256 g/mol. The van der Waals surface area contributed by atoms with E-state index in [0.29, 0.717) is 12.8 Å². The van der Waals surface area contributed by atoms with E-state index in [1.807, 2.05) is 12.2 Å². The van der Waals surface area contributed by atoms with Gasteiger partial charge in [0.05, 0.1) is 0 Å². The molecule has 0 aliphatic rings. The molecule has 100 valence electrons. The van der Waals surface area contributed by atoms with E-state index in [-0.39, 0.29) is 6.04 Å². The van der Waals surface area contributed by atoms with Gasteiger partial charge in [-0.3, -0.25) is 10.1 Å². The number of hydrogen-bond acceptors (Lipinski definition) is 4. The zero-order chi connectivity index (χ0) is 14.0. The highest BCUT2D eigenvalue weighted by atomic mass is 16.5. The van der Waals surface area contributed by atoms with Crippen molar-refractivity contribution in [1.29, 1.82) is 0 Å². The second-order valence-electron chi connectivity index (χ2n) is 3.42. The van der Waals surface area contributed by atoms with Crippen LogP contribution in [0.15, 0.2) is 0 Å². The Bertz CT molecular complexity index is 348. The number of carboxylic acid groups (broad SMARTS) is 1. The number of nitrogens with one attached hydrogen (secondary N) is 2. The number of carbonyl (C=O) groups excluding carboxylic acids is 2. The molecule has 0 saturated heterocycles. The summed E-state index contributed by atoms with van der Waals surface area (Å²) in [6.45, 7) is 0.759. The molecule has 0 aliphatic carbocycles. The number of carboxylic acids is 1. The van der Waals surface area contributed by atoms with Gasteiger partial charge in [0.1, 0.15) is 13.2 Å². The third kappa shape index (κ3) is 8.13. The van der Waals surface area contributed by atoms with Crippen LogP contribution in [0.1, 0.15) is 19.8 Å². The Hall–Kier alpha value is -2.07. The third-order valence-corrected chi connectivity index (χ3v) is 1.90. The van der Waals surface area contributed by atoms with E-state index >= 15 is 0 Å². The molecular formula is C11H16N2O5. The summed E-state index contributed by atoms with van der Waals surface area (Å²) in [7, 11) is 0. The fourth-order valence-electron chi connectivity index (χ4n) is 1.05. The summed E-state index contributed by atoms with van der Waals surface area (Å²) in [5.74, 6) is 0.501. The molecule has 1 unspecified atom stereocenters. The van der Waals surface area contributed by atoms with E-state index in [1.165, 1.54) is 0 Å². The Kier molecular flexibility index (Phi) is 7.98. The Morgan fingerprint density at radius 3 is 2.56 bits per heavy atom. The van der Waals surface area contributed by atoms with Crippen LogP contribution < -0.4 is 10.6 Å². The van der Waals surface area contributed by atoms with Crippen molar-refractivity contribution in [2.45, 2.75) is 25.8 Å². The lowest BCUT2D eigenvalue weighted by molar-refractivity contribution is -0.143. The normalized spacial score (nSPS) is 11.1. The molecule has 7 heteroatoms. The highest BCUT2D eigenvalue weighted by Gasteiger charge is 2.12.